The molecule has 0 spiro atoms. The van der Waals surface area contributed by atoms with Gasteiger partial charge < -0.3 is 5.32 Å². The van der Waals surface area contributed by atoms with Gasteiger partial charge in [0.15, 0.2) is 0 Å². The highest BCUT2D eigenvalue weighted by atomic mass is 35.5. The summed E-state index contributed by atoms with van der Waals surface area (Å²) in [5, 5.41) is 2.94. The van der Waals surface area contributed by atoms with E-state index in [1.165, 1.54) is 5.56 Å². The number of benzene rings is 1. The first-order chi connectivity index (χ1) is 7.63. The highest BCUT2D eigenvalue weighted by molar-refractivity contribution is 6.18. The molecule has 1 N–H and O–H groups in total. The van der Waals surface area contributed by atoms with Gasteiger partial charge in [0.2, 0.25) is 5.91 Å². The summed E-state index contributed by atoms with van der Waals surface area (Å²) in [6.45, 7) is 3.76. The van der Waals surface area contributed by atoms with E-state index in [2.05, 4.69) is 5.32 Å². The Morgan fingerprint density at radius 2 is 1.94 bits per heavy atom. The fourth-order valence-electron chi connectivity index (χ4n) is 1.41. The van der Waals surface area contributed by atoms with Gasteiger partial charge in [0.05, 0.1) is 0 Å². The van der Waals surface area contributed by atoms with E-state index in [0.717, 1.165) is 6.42 Å². The van der Waals surface area contributed by atoms with Gasteiger partial charge in [-0.1, -0.05) is 44.2 Å². The summed E-state index contributed by atoms with van der Waals surface area (Å²) >= 11 is 5.85. The maximum atomic E-state index is 11.5. The fourth-order valence-corrected chi connectivity index (χ4v) is 1.60. The van der Waals surface area contributed by atoms with Crippen molar-refractivity contribution < 1.29 is 4.79 Å². The SMILES string of the molecule is CC(C)C(=O)N[C@H](CCl)Cc1ccccc1. The van der Waals surface area contributed by atoms with Crippen LogP contribution in [0.15, 0.2) is 30.3 Å². The molecule has 1 rings (SSSR count). The molecule has 0 radical (unpaired) electrons. The molecule has 0 heterocycles. The van der Waals surface area contributed by atoms with Crippen LogP contribution in [0, 0.1) is 5.92 Å². The first kappa shape index (κ1) is 13.0. The molecule has 0 bridgehead atoms. The number of amides is 1. The van der Waals surface area contributed by atoms with Crippen molar-refractivity contribution in [3.8, 4) is 0 Å². The zero-order chi connectivity index (χ0) is 12.0. The Morgan fingerprint density at radius 1 is 1.31 bits per heavy atom. The summed E-state index contributed by atoms with van der Waals surface area (Å²) < 4.78 is 0. The molecule has 0 aliphatic rings. The largest absolute Gasteiger partial charge is 0.352 e. The normalized spacial score (nSPS) is 12.5. The van der Waals surface area contributed by atoms with Crippen molar-refractivity contribution in [2.45, 2.75) is 26.3 Å². The summed E-state index contributed by atoms with van der Waals surface area (Å²) in [4.78, 5) is 11.5. The third-order valence-electron chi connectivity index (χ3n) is 2.38. The first-order valence-corrected chi connectivity index (χ1v) is 6.07. The molecular weight excluding hydrogens is 222 g/mol. The third-order valence-corrected chi connectivity index (χ3v) is 2.75. The lowest BCUT2D eigenvalue weighted by Crippen LogP contribution is -2.40. The Morgan fingerprint density at radius 3 is 2.44 bits per heavy atom. The molecule has 0 saturated heterocycles. The van der Waals surface area contributed by atoms with E-state index < -0.39 is 0 Å². The van der Waals surface area contributed by atoms with Crippen LogP contribution in [0.5, 0.6) is 0 Å². The molecule has 1 aromatic carbocycles. The van der Waals surface area contributed by atoms with Crippen LogP contribution >= 0.6 is 11.6 Å². The number of carbonyl (C=O) groups excluding carboxylic acids is 1. The second kappa shape index (κ2) is 6.54. The minimum Gasteiger partial charge on any atom is -0.352 e. The van der Waals surface area contributed by atoms with Crippen LogP contribution in [0.1, 0.15) is 19.4 Å². The van der Waals surface area contributed by atoms with E-state index in [-0.39, 0.29) is 17.9 Å². The Labute approximate surface area is 102 Å². The number of nitrogens with one attached hydrogen (secondary N) is 1. The predicted octanol–water partition coefficient (Wildman–Crippen LogP) is 2.61. The number of rotatable bonds is 5. The van der Waals surface area contributed by atoms with Crippen LogP contribution in [-0.2, 0) is 11.2 Å². The zero-order valence-corrected chi connectivity index (χ0v) is 10.5. The van der Waals surface area contributed by atoms with Gasteiger partial charge in [-0.3, -0.25) is 4.79 Å². The van der Waals surface area contributed by atoms with Gasteiger partial charge in [-0.25, -0.2) is 0 Å². The highest BCUT2D eigenvalue weighted by Gasteiger charge is 2.14. The first-order valence-electron chi connectivity index (χ1n) is 5.53. The van der Waals surface area contributed by atoms with Crippen LogP contribution in [0.3, 0.4) is 0 Å². The van der Waals surface area contributed by atoms with E-state index in [9.17, 15) is 4.79 Å². The van der Waals surface area contributed by atoms with Crippen LogP contribution in [0.25, 0.3) is 0 Å². The molecule has 0 unspecified atom stereocenters. The molecule has 1 aromatic rings. The lowest BCUT2D eigenvalue weighted by molar-refractivity contribution is -0.124. The number of carbonyl (C=O) groups is 1. The smallest absolute Gasteiger partial charge is 0.222 e. The Bertz CT molecular complexity index is 324. The van der Waals surface area contributed by atoms with E-state index >= 15 is 0 Å². The van der Waals surface area contributed by atoms with Gasteiger partial charge in [-0.05, 0) is 12.0 Å². The molecule has 88 valence electrons. The van der Waals surface area contributed by atoms with Crippen molar-refractivity contribution in [2.24, 2.45) is 5.92 Å². The Balaban J connectivity index is 2.53. The lowest BCUT2D eigenvalue weighted by Gasteiger charge is -2.17. The van der Waals surface area contributed by atoms with Crippen molar-refractivity contribution in [1.29, 1.82) is 0 Å². The molecule has 3 heteroatoms. The summed E-state index contributed by atoms with van der Waals surface area (Å²) in [7, 11) is 0. The summed E-state index contributed by atoms with van der Waals surface area (Å²) in [6, 6.07) is 10.1. The molecule has 2 nitrogen and oxygen atoms in total. The Kier molecular flexibility index (Phi) is 5.33. The molecule has 1 amide bonds. The monoisotopic (exact) mass is 239 g/mol. The second-order valence-corrected chi connectivity index (χ2v) is 4.51. The number of hydrogen-bond donors (Lipinski definition) is 1. The average molecular weight is 240 g/mol. The molecule has 1 atom stereocenters. The zero-order valence-electron chi connectivity index (χ0n) is 9.74. The maximum absolute atomic E-state index is 11.5. The number of halogens is 1. The van der Waals surface area contributed by atoms with E-state index in [0.29, 0.717) is 5.88 Å². The second-order valence-electron chi connectivity index (χ2n) is 4.20. The highest BCUT2D eigenvalue weighted by Crippen LogP contribution is 2.05. The van der Waals surface area contributed by atoms with Crippen LogP contribution in [0.2, 0.25) is 0 Å². The molecule has 0 aromatic heterocycles. The lowest BCUT2D eigenvalue weighted by atomic mass is 10.1. The van der Waals surface area contributed by atoms with Gasteiger partial charge in [-0.15, -0.1) is 11.6 Å². The topological polar surface area (TPSA) is 29.1 Å². The molecule has 0 aliphatic heterocycles. The van der Waals surface area contributed by atoms with Crippen LogP contribution in [0.4, 0.5) is 0 Å². The number of alkyl halides is 1. The van der Waals surface area contributed by atoms with Gasteiger partial charge in [0.1, 0.15) is 0 Å². The minimum absolute atomic E-state index is 0.00138. The van der Waals surface area contributed by atoms with Crippen molar-refractivity contribution in [2.75, 3.05) is 5.88 Å². The van der Waals surface area contributed by atoms with E-state index in [4.69, 9.17) is 11.6 Å². The summed E-state index contributed by atoms with van der Waals surface area (Å²) in [5.74, 6) is 0.496. The van der Waals surface area contributed by atoms with Crippen molar-refractivity contribution in [3.63, 3.8) is 0 Å². The van der Waals surface area contributed by atoms with Crippen LogP contribution in [-0.4, -0.2) is 17.8 Å². The summed E-state index contributed by atoms with van der Waals surface area (Å²) in [5.41, 5.74) is 1.19. The van der Waals surface area contributed by atoms with Gasteiger partial charge in [-0.2, -0.15) is 0 Å². The minimum atomic E-state index is 0.00138. The van der Waals surface area contributed by atoms with Gasteiger partial charge in [0, 0.05) is 17.8 Å². The predicted molar refractivity (Wildman–Crippen MR) is 67.6 cm³/mol. The van der Waals surface area contributed by atoms with Crippen molar-refractivity contribution in [3.05, 3.63) is 35.9 Å². The van der Waals surface area contributed by atoms with E-state index in [1.807, 2.05) is 44.2 Å². The molecular formula is C13H18ClNO. The number of hydrogen-bond acceptors (Lipinski definition) is 1. The van der Waals surface area contributed by atoms with Crippen LogP contribution < -0.4 is 5.32 Å². The summed E-state index contributed by atoms with van der Waals surface area (Å²) in [6.07, 6.45) is 0.781. The maximum Gasteiger partial charge on any atom is 0.222 e. The molecule has 0 aliphatic carbocycles. The molecule has 16 heavy (non-hydrogen) atoms. The molecule has 0 fully saturated rings. The quantitative estimate of drug-likeness (QED) is 0.787. The van der Waals surface area contributed by atoms with Crippen molar-refractivity contribution in [1.82, 2.24) is 5.32 Å². The van der Waals surface area contributed by atoms with Gasteiger partial charge in [0.25, 0.3) is 0 Å². The van der Waals surface area contributed by atoms with Gasteiger partial charge >= 0.3 is 0 Å². The standard InChI is InChI=1S/C13H18ClNO/c1-10(2)13(16)15-12(9-14)8-11-6-4-3-5-7-11/h3-7,10,12H,8-9H2,1-2H3,(H,15,16)/t12-/m0/s1. The Hall–Kier alpha value is -1.02. The van der Waals surface area contributed by atoms with Crippen molar-refractivity contribution >= 4 is 17.5 Å². The fraction of sp³-hybridized carbons (Fsp3) is 0.462. The van der Waals surface area contributed by atoms with E-state index in [1.54, 1.807) is 0 Å². The average Bonchev–Trinajstić information content (AvgIpc) is 2.29. The third kappa shape index (κ3) is 4.23. The molecule has 0 saturated carbocycles.